The number of nitrogens with zero attached hydrogens (tertiary/aromatic N) is 1. The van der Waals surface area contributed by atoms with Crippen molar-refractivity contribution in [2.45, 2.75) is 26.3 Å². The van der Waals surface area contributed by atoms with Gasteiger partial charge in [-0.05, 0) is 40.4 Å². The maximum Gasteiger partial charge on any atom is 0.161 e. The van der Waals surface area contributed by atoms with Crippen LogP contribution >= 0.6 is 39.3 Å². The smallest absolute Gasteiger partial charge is 0.161 e. The summed E-state index contributed by atoms with van der Waals surface area (Å²) in [6.07, 6.45) is 1.15. The van der Waals surface area contributed by atoms with Crippen LogP contribution in [0.1, 0.15) is 20.3 Å². The zero-order chi connectivity index (χ0) is 13.1. The number of halogens is 2. The summed E-state index contributed by atoms with van der Waals surface area (Å²) in [7, 11) is 0. The minimum Gasteiger partial charge on any atom is -0.334 e. The van der Waals surface area contributed by atoms with Crippen molar-refractivity contribution in [1.29, 1.82) is 0 Å². The van der Waals surface area contributed by atoms with E-state index in [9.17, 15) is 0 Å². The van der Waals surface area contributed by atoms with Crippen molar-refractivity contribution < 1.29 is 0 Å². The normalized spacial score (nSPS) is 19.2. The van der Waals surface area contributed by atoms with Crippen LogP contribution in [0.4, 0.5) is 5.69 Å². The van der Waals surface area contributed by atoms with Gasteiger partial charge in [-0.2, -0.15) is 0 Å². The highest BCUT2D eigenvalue weighted by Crippen LogP contribution is 2.32. The maximum atomic E-state index is 6.06. The molecule has 18 heavy (non-hydrogen) atoms. The molecule has 1 N–H and O–H groups in total. The molecule has 0 saturated carbocycles. The Labute approximate surface area is 126 Å². The largest absolute Gasteiger partial charge is 0.334 e. The van der Waals surface area contributed by atoms with Crippen molar-refractivity contribution in [1.82, 2.24) is 0 Å². The third kappa shape index (κ3) is 3.65. The van der Waals surface area contributed by atoms with Crippen molar-refractivity contribution >= 4 is 50.1 Å². The van der Waals surface area contributed by atoms with Gasteiger partial charge in [0.25, 0.3) is 0 Å². The molecule has 0 aliphatic carbocycles. The predicted molar refractivity (Wildman–Crippen MR) is 85.9 cm³/mol. The second kappa shape index (κ2) is 6.31. The monoisotopic (exact) mass is 346 g/mol. The molecule has 2 nitrogen and oxygen atoms in total. The van der Waals surface area contributed by atoms with E-state index >= 15 is 0 Å². The summed E-state index contributed by atoms with van der Waals surface area (Å²) in [5.41, 5.74) is 0.971. The Morgan fingerprint density at radius 3 is 3.06 bits per heavy atom. The number of amidine groups is 1. The molecule has 2 rings (SSSR count). The van der Waals surface area contributed by atoms with Crippen LogP contribution in [-0.2, 0) is 0 Å². The van der Waals surface area contributed by atoms with Crippen molar-refractivity contribution in [2.75, 3.05) is 11.1 Å². The van der Waals surface area contributed by atoms with Gasteiger partial charge >= 0.3 is 0 Å². The fourth-order valence-electron chi connectivity index (χ4n) is 1.86. The van der Waals surface area contributed by atoms with Gasteiger partial charge in [-0.25, -0.2) is 0 Å². The number of nitrogens with one attached hydrogen (secondary N) is 1. The highest BCUT2D eigenvalue weighted by molar-refractivity contribution is 9.10. The average Bonchev–Trinajstić information content (AvgIpc) is 2.71. The second-order valence-corrected chi connectivity index (χ2v) is 6.96. The summed E-state index contributed by atoms with van der Waals surface area (Å²) in [6.45, 7) is 4.47. The first-order valence-electron chi connectivity index (χ1n) is 5.98. The molecule has 5 heteroatoms. The van der Waals surface area contributed by atoms with Crippen molar-refractivity contribution in [3.05, 3.63) is 27.7 Å². The van der Waals surface area contributed by atoms with Gasteiger partial charge in [0.05, 0.1) is 21.2 Å². The lowest BCUT2D eigenvalue weighted by atomic mass is 10.1. The molecule has 1 atom stereocenters. The Balaban J connectivity index is 2.04. The van der Waals surface area contributed by atoms with E-state index in [1.54, 1.807) is 11.8 Å². The molecule has 0 amide bonds. The van der Waals surface area contributed by atoms with Gasteiger partial charge in [-0.3, -0.25) is 4.99 Å². The van der Waals surface area contributed by atoms with Crippen LogP contribution < -0.4 is 5.32 Å². The Morgan fingerprint density at radius 2 is 2.33 bits per heavy atom. The molecule has 0 spiro atoms. The van der Waals surface area contributed by atoms with Crippen LogP contribution in [0.15, 0.2) is 27.7 Å². The zero-order valence-electron chi connectivity index (χ0n) is 10.4. The maximum absolute atomic E-state index is 6.06. The molecule has 1 aliphatic rings. The standard InChI is InChI=1S/C13H16BrClN2S/c1-8(2)6-9-7-18-13(16-9)17-11-5-3-4-10(15)12(11)14/h3-5,8-9H,6-7H2,1-2H3,(H,16,17). The lowest BCUT2D eigenvalue weighted by Gasteiger charge is -2.08. The van der Waals surface area contributed by atoms with Crippen molar-refractivity contribution in [2.24, 2.45) is 10.9 Å². The Kier molecular flexibility index (Phi) is 4.98. The molecule has 1 unspecified atom stereocenters. The lowest BCUT2D eigenvalue weighted by molar-refractivity contribution is 0.529. The zero-order valence-corrected chi connectivity index (χ0v) is 13.6. The molecule has 0 radical (unpaired) electrons. The van der Waals surface area contributed by atoms with E-state index in [2.05, 4.69) is 35.1 Å². The molecule has 0 aromatic heterocycles. The number of hydrogen-bond acceptors (Lipinski definition) is 3. The third-order valence-corrected chi connectivity index (χ3v) is 5.08. The van der Waals surface area contributed by atoms with Gasteiger partial charge in [0.2, 0.25) is 0 Å². The first-order valence-corrected chi connectivity index (χ1v) is 8.13. The Bertz CT molecular complexity index is 462. The predicted octanol–water partition coefficient (Wildman–Crippen LogP) is 5.03. The molecule has 0 fully saturated rings. The van der Waals surface area contributed by atoms with E-state index in [0.29, 0.717) is 17.0 Å². The van der Waals surface area contributed by atoms with Gasteiger partial charge in [-0.1, -0.05) is 43.3 Å². The summed E-state index contributed by atoms with van der Waals surface area (Å²) >= 11 is 11.3. The van der Waals surface area contributed by atoms with Crippen LogP contribution in [0.3, 0.4) is 0 Å². The first kappa shape index (κ1) is 14.2. The van der Waals surface area contributed by atoms with Gasteiger partial charge < -0.3 is 5.32 Å². The molecular weight excluding hydrogens is 332 g/mol. The number of rotatable bonds is 3. The number of benzene rings is 1. The fourth-order valence-corrected chi connectivity index (χ4v) is 3.37. The Morgan fingerprint density at radius 1 is 1.56 bits per heavy atom. The van der Waals surface area contributed by atoms with Gasteiger partial charge in [-0.15, -0.1) is 0 Å². The molecule has 0 bridgehead atoms. The lowest BCUT2D eigenvalue weighted by Crippen LogP contribution is -2.08. The number of anilines is 1. The molecule has 1 aromatic carbocycles. The highest BCUT2D eigenvalue weighted by atomic mass is 79.9. The average molecular weight is 348 g/mol. The molecule has 1 aromatic rings. The van der Waals surface area contributed by atoms with E-state index < -0.39 is 0 Å². The van der Waals surface area contributed by atoms with E-state index in [-0.39, 0.29) is 0 Å². The van der Waals surface area contributed by atoms with Crippen LogP contribution in [0.25, 0.3) is 0 Å². The minimum absolute atomic E-state index is 0.440. The third-order valence-electron chi connectivity index (χ3n) is 2.65. The topological polar surface area (TPSA) is 24.4 Å². The number of aliphatic imine (C=N–C) groups is 1. The van der Waals surface area contributed by atoms with Crippen LogP contribution in [0.5, 0.6) is 0 Å². The molecule has 98 valence electrons. The molecule has 1 aliphatic heterocycles. The van der Waals surface area contributed by atoms with Crippen molar-refractivity contribution in [3.8, 4) is 0 Å². The first-order chi connectivity index (χ1) is 8.56. The number of thioether (sulfide) groups is 1. The van der Waals surface area contributed by atoms with Gasteiger partial charge in [0, 0.05) is 5.75 Å². The molecule has 0 saturated heterocycles. The summed E-state index contributed by atoms with van der Waals surface area (Å²) in [6, 6.07) is 6.23. The van der Waals surface area contributed by atoms with Crippen molar-refractivity contribution in [3.63, 3.8) is 0 Å². The number of hydrogen-bond donors (Lipinski definition) is 1. The quantitative estimate of drug-likeness (QED) is 0.829. The second-order valence-electron chi connectivity index (χ2n) is 4.76. The SMILES string of the molecule is CC(C)CC1CSC(Nc2cccc(Cl)c2Br)=N1. The van der Waals surface area contributed by atoms with E-state index in [4.69, 9.17) is 16.6 Å². The fraction of sp³-hybridized carbons (Fsp3) is 0.462. The minimum atomic E-state index is 0.440. The van der Waals surface area contributed by atoms with E-state index in [1.807, 2.05) is 18.2 Å². The Hall–Kier alpha value is -0.190. The highest BCUT2D eigenvalue weighted by Gasteiger charge is 2.19. The van der Waals surface area contributed by atoms with E-state index in [0.717, 1.165) is 27.5 Å². The molecular formula is C13H16BrClN2S. The summed E-state index contributed by atoms with van der Waals surface area (Å²) in [4.78, 5) is 4.70. The summed E-state index contributed by atoms with van der Waals surface area (Å²) < 4.78 is 0.891. The summed E-state index contributed by atoms with van der Waals surface area (Å²) in [5, 5.41) is 5.03. The van der Waals surface area contributed by atoms with Gasteiger partial charge in [0.1, 0.15) is 0 Å². The van der Waals surface area contributed by atoms with Gasteiger partial charge in [0.15, 0.2) is 5.17 Å². The van der Waals surface area contributed by atoms with Crippen LogP contribution in [0.2, 0.25) is 5.02 Å². The van der Waals surface area contributed by atoms with Crippen LogP contribution in [0, 0.1) is 5.92 Å². The summed E-state index contributed by atoms with van der Waals surface area (Å²) in [5.74, 6) is 1.76. The molecule has 1 heterocycles. The van der Waals surface area contributed by atoms with E-state index in [1.165, 1.54) is 0 Å². The van der Waals surface area contributed by atoms with Crippen LogP contribution in [-0.4, -0.2) is 17.0 Å².